The molecular formula is C19H29N. The summed E-state index contributed by atoms with van der Waals surface area (Å²) in [4.78, 5) is 0. The van der Waals surface area contributed by atoms with E-state index in [2.05, 4.69) is 42.6 Å². The highest BCUT2D eigenvalue weighted by Gasteiger charge is 2.41. The molecule has 0 radical (unpaired) electrons. The summed E-state index contributed by atoms with van der Waals surface area (Å²) in [7, 11) is 0. The van der Waals surface area contributed by atoms with Crippen LogP contribution in [0.4, 0.5) is 0 Å². The highest BCUT2D eigenvalue weighted by atomic mass is 14.9. The fraction of sp³-hybridized carbons (Fsp3) is 0.684. The van der Waals surface area contributed by atoms with Crippen molar-refractivity contribution in [2.24, 2.45) is 5.41 Å². The summed E-state index contributed by atoms with van der Waals surface area (Å²) in [6.07, 6.45) is 11.2. The van der Waals surface area contributed by atoms with Crippen LogP contribution in [-0.2, 0) is 0 Å². The molecule has 1 heteroatoms. The van der Waals surface area contributed by atoms with E-state index in [1.165, 1.54) is 57.9 Å². The zero-order valence-electron chi connectivity index (χ0n) is 12.9. The molecule has 3 rings (SSSR count). The van der Waals surface area contributed by atoms with Gasteiger partial charge in [0.05, 0.1) is 0 Å². The van der Waals surface area contributed by atoms with Crippen LogP contribution in [0.25, 0.3) is 0 Å². The summed E-state index contributed by atoms with van der Waals surface area (Å²) in [5.41, 5.74) is 2.25. The second-order valence-electron chi connectivity index (χ2n) is 7.09. The smallest absolute Gasteiger partial charge is 0.00677 e. The van der Waals surface area contributed by atoms with E-state index in [-0.39, 0.29) is 0 Å². The standard InChI is InChI=1S/C19H29N/c1-2-12-19(13-14-19)15-20-18-10-8-17(9-11-18)16-6-4-3-5-7-16/h3-7,17-18,20H,2,8-15H2,1H3. The molecule has 0 aromatic heterocycles. The first-order valence-corrected chi connectivity index (χ1v) is 8.60. The number of hydrogen-bond acceptors (Lipinski definition) is 1. The minimum absolute atomic E-state index is 0.699. The van der Waals surface area contributed by atoms with Crippen LogP contribution in [-0.4, -0.2) is 12.6 Å². The molecule has 0 saturated heterocycles. The predicted molar refractivity (Wildman–Crippen MR) is 86.0 cm³/mol. The van der Waals surface area contributed by atoms with Crippen molar-refractivity contribution in [2.75, 3.05) is 6.54 Å². The fourth-order valence-corrected chi connectivity index (χ4v) is 3.94. The molecule has 1 aromatic rings. The topological polar surface area (TPSA) is 12.0 Å². The summed E-state index contributed by atoms with van der Waals surface area (Å²) in [6, 6.07) is 11.9. The lowest BCUT2D eigenvalue weighted by atomic mass is 9.81. The summed E-state index contributed by atoms with van der Waals surface area (Å²) < 4.78 is 0. The van der Waals surface area contributed by atoms with Crippen LogP contribution >= 0.6 is 0 Å². The Labute approximate surface area is 124 Å². The lowest BCUT2D eigenvalue weighted by Gasteiger charge is -2.30. The van der Waals surface area contributed by atoms with Crippen LogP contribution in [0.1, 0.15) is 69.8 Å². The maximum Gasteiger partial charge on any atom is 0.00677 e. The number of hydrogen-bond donors (Lipinski definition) is 1. The molecule has 0 spiro atoms. The predicted octanol–water partition coefficient (Wildman–Crippen LogP) is 4.88. The Morgan fingerprint density at radius 3 is 2.35 bits per heavy atom. The quantitative estimate of drug-likeness (QED) is 0.777. The summed E-state index contributed by atoms with van der Waals surface area (Å²) in [5, 5.41) is 3.88. The number of benzene rings is 1. The van der Waals surface area contributed by atoms with Crippen molar-refractivity contribution in [1.82, 2.24) is 5.32 Å². The van der Waals surface area contributed by atoms with Gasteiger partial charge in [0, 0.05) is 12.6 Å². The zero-order chi connectivity index (χ0) is 13.8. The molecule has 110 valence electrons. The van der Waals surface area contributed by atoms with E-state index in [0.29, 0.717) is 5.41 Å². The van der Waals surface area contributed by atoms with Crippen LogP contribution in [0.15, 0.2) is 30.3 Å². The van der Waals surface area contributed by atoms with Gasteiger partial charge in [0.25, 0.3) is 0 Å². The Bertz CT molecular complexity index is 399. The molecule has 0 bridgehead atoms. The molecule has 2 saturated carbocycles. The van der Waals surface area contributed by atoms with E-state index in [1.54, 1.807) is 5.56 Å². The Hall–Kier alpha value is -0.820. The average molecular weight is 271 g/mol. The zero-order valence-corrected chi connectivity index (χ0v) is 12.9. The van der Waals surface area contributed by atoms with E-state index in [0.717, 1.165) is 12.0 Å². The first-order chi connectivity index (χ1) is 9.81. The highest BCUT2D eigenvalue weighted by molar-refractivity contribution is 5.20. The molecule has 0 heterocycles. The summed E-state index contributed by atoms with van der Waals surface area (Å²) in [5.74, 6) is 0.805. The van der Waals surface area contributed by atoms with Gasteiger partial charge in [-0.1, -0.05) is 43.7 Å². The maximum absolute atomic E-state index is 3.88. The molecule has 0 unspecified atom stereocenters. The summed E-state index contributed by atoms with van der Waals surface area (Å²) in [6.45, 7) is 3.60. The first kappa shape index (κ1) is 14.1. The van der Waals surface area contributed by atoms with Gasteiger partial charge < -0.3 is 5.32 Å². The van der Waals surface area contributed by atoms with Crippen molar-refractivity contribution in [3.05, 3.63) is 35.9 Å². The second-order valence-corrected chi connectivity index (χ2v) is 7.09. The molecule has 0 aliphatic heterocycles. The van der Waals surface area contributed by atoms with E-state index in [1.807, 2.05) is 0 Å². The van der Waals surface area contributed by atoms with E-state index in [9.17, 15) is 0 Å². The lowest BCUT2D eigenvalue weighted by Crippen LogP contribution is -2.36. The van der Waals surface area contributed by atoms with Gasteiger partial charge in [-0.25, -0.2) is 0 Å². The largest absolute Gasteiger partial charge is 0.313 e. The molecule has 0 atom stereocenters. The third-order valence-electron chi connectivity index (χ3n) is 5.50. The van der Waals surface area contributed by atoms with Gasteiger partial charge in [-0.3, -0.25) is 0 Å². The van der Waals surface area contributed by atoms with Crippen molar-refractivity contribution < 1.29 is 0 Å². The van der Waals surface area contributed by atoms with E-state index >= 15 is 0 Å². The molecule has 2 aliphatic rings. The minimum atomic E-state index is 0.699. The van der Waals surface area contributed by atoms with Crippen molar-refractivity contribution in [3.8, 4) is 0 Å². The Morgan fingerprint density at radius 1 is 1.05 bits per heavy atom. The van der Waals surface area contributed by atoms with Gasteiger partial charge in [-0.2, -0.15) is 0 Å². The molecule has 1 aromatic carbocycles. The number of nitrogens with one attached hydrogen (secondary N) is 1. The highest BCUT2D eigenvalue weighted by Crippen LogP contribution is 2.49. The Balaban J connectivity index is 1.43. The van der Waals surface area contributed by atoms with Crippen LogP contribution in [0.2, 0.25) is 0 Å². The van der Waals surface area contributed by atoms with Crippen LogP contribution in [0.3, 0.4) is 0 Å². The van der Waals surface area contributed by atoms with Crippen molar-refractivity contribution in [2.45, 2.75) is 70.3 Å². The molecule has 2 fully saturated rings. The SMILES string of the molecule is CCCC1(CNC2CCC(c3ccccc3)CC2)CC1. The molecule has 2 aliphatic carbocycles. The van der Waals surface area contributed by atoms with E-state index in [4.69, 9.17) is 0 Å². The van der Waals surface area contributed by atoms with Crippen LogP contribution in [0.5, 0.6) is 0 Å². The Morgan fingerprint density at radius 2 is 1.75 bits per heavy atom. The molecule has 1 N–H and O–H groups in total. The molecule has 0 amide bonds. The lowest BCUT2D eigenvalue weighted by molar-refractivity contribution is 0.310. The first-order valence-electron chi connectivity index (χ1n) is 8.60. The van der Waals surface area contributed by atoms with Gasteiger partial charge in [0.15, 0.2) is 0 Å². The van der Waals surface area contributed by atoms with Crippen molar-refractivity contribution >= 4 is 0 Å². The maximum atomic E-state index is 3.88. The van der Waals surface area contributed by atoms with Gasteiger partial charge >= 0.3 is 0 Å². The summed E-state index contributed by atoms with van der Waals surface area (Å²) >= 11 is 0. The van der Waals surface area contributed by atoms with Crippen LogP contribution < -0.4 is 5.32 Å². The van der Waals surface area contributed by atoms with E-state index < -0.39 is 0 Å². The minimum Gasteiger partial charge on any atom is -0.313 e. The molecular weight excluding hydrogens is 242 g/mol. The van der Waals surface area contributed by atoms with Gasteiger partial charge in [0.2, 0.25) is 0 Å². The number of rotatable bonds is 6. The van der Waals surface area contributed by atoms with Gasteiger partial charge in [-0.15, -0.1) is 0 Å². The van der Waals surface area contributed by atoms with Gasteiger partial charge in [0.1, 0.15) is 0 Å². The third kappa shape index (κ3) is 3.44. The van der Waals surface area contributed by atoms with Crippen molar-refractivity contribution in [1.29, 1.82) is 0 Å². The molecule has 20 heavy (non-hydrogen) atoms. The fourth-order valence-electron chi connectivity index (χ4n) is 3.94. The third-order valence-corrected chi connectivity index (χ3v) is 5.50. The van der Waals surface area contributed by atoms with Crippen LogP contribution in [0, 0.1) is 5.41 Å². The average Bonchev–Trinajstić information content (AvgIpc) is 3.27. The van der Waals surface area contributed by atoms with Gasteiger partial charge in [-0.05, 0) is 61.8 Å². The Kier molecular flexibility index (Phi) is 4.45. The monoisotopic (exact) mass is 271 g/mol. The second kappa shape index (κ2) is 6.30. The molecule has 1 nitrogen and oxygen atoms in total. The normalized spacial score (nSPS) is 28.2. The van der Waals surface area contributed by atoms with Crippen molar-refractivity contribution in [3.63, 3.8) is 0 Å².